The summed E-state index contributed by atoms with van der Waals surface area (Å²) in [7, 11) is -0.925. The zero-order valence-electron chi connectivity index (χ0n) is 10.9. The monoisotopic (exact) mass is 272 g/mol. The van der Waals surface area contributed by atoms with Crippen LogP contribution in [0.1, 0.15) is 26.2 Å². The molecule has 2 saturated heterocycles. The van der Waals surface area contributed by atoms with Crippen molar-refractivity contribution in [3.8, 4) is 0 Å². The van der Waals surface area contributed by atoms with Crippen molar-refractivity contribution in [1.29, 1.82) is 0 Å². The van der Waals surface area contributed by atoms with Gasteiger partial charge < -0.3 is 9.80 Å². The maximum Gasteiger partial charge on any atom is 0.245 e. The summed E-state index contributed by atoms with van der Waals surface area (Å²) >= 11 is 0. The Morgan fingerprint density at radius 3 is 2.78 bits per heavy atom. The molecule has 2 fully saturated rings. The molecule has 0 radical (unpaired) electrons. The highest BCUT2D eigenvalue weighted by Gasteiger charge is 2.40. The van der Waals surface area contributed by atoms with Crippen molar-refractivity contribution in [2.24, 2.45) is 0 Å². The van der Waals surface area contributed by atoms with Crippen LogP contribution in [0.15, 0.2) is 0 Å². The maximum atomic E-state index is 12.4. The lowest BCUT2D eigenvalue weighted by molar-refractivity contribution is -0.140. The van der Waals surface area contributed by atoms with Crippen molar-refractivity contribution >= 4 is 22.6 Å². The highest BCUT2D eigenvalue weighted by molar-refractivity contribution is 7.84. The Balaban J connectivity index is 2.14. The van der Waals surface area contributed by atoms with Crippen LogP contribution in [0, 0.1) is 0 Å². The SMILES string of the molecule is CC(CS(C)=O)N1CCC(=O)N2CCCC2C1=O. The minimum absolute atomic E-state index is 0.0382. The summed E-state index contributed by atoms with van der Waals surface area (Å²) < 4.78 is 11.3. The molecule has 0 aliphatic carbocycles. The highest BCUT2D eigenvalue weighted by Crippen LogP contribution is 2.24. The summed E-state index contributed by atoms with van der Waals surface area (Å²) in [5.41, 5.74) is 0. The number of carbonyl (C=O) groups excluding carboxylic acids is 2. The molecule has 0 bridgehead atoms. The Hall–Kier alpha value is -0.910. The third-order valence-electron chi connectivity index (χ3n) is 3.72. The molecular weight excluding hydrogens is 252 g/mol. The molecule has 0 spiro atoms. The first kappa shape index (κ1) is 13.5. The minimum atomic E-state index is -0.925. The van der Waals surface area contributed by atoms with Gasteiger partial charge in [-0.05, 0) is 19.8 Å². The molecule has 2 rings (SSSR count). The molecule has 2 heterocycles. The number of hydrogen-bond donors (Lipinski definition) is 0. The highest BCUT2D eigenvalue weighted by atomic mass is 32.2. The minimum Gasteiger partial charge on any atom is -0.337 e. The smallest absolute Gasteiger partial charge is 0.245 e. The van der Waals surface area contributed by atoms with Crippen LogP contribution < -0.4 is 0 Å². The molecule has 18 heavy (non-hydrogen) atoms. The van der Waals surface area contributed by atoms with E-state index in [9.17, 15) is 13.8 Å². The van der Waals surface area contributed by atoms with E-state index in [1.165, 1.54) is 0 Å². The first-order chi connectivity index (χ1) is 8.50. The molecule has 2 aliphatic rings. The predicted molar refractivity (Wildman–Crippen MR) is 69.5 cm³/mol. The van der Waals surface area contributed by atoms with Gasteiger partial charge >= 0.3 is 0 Å². The third kappa shape index (κ3) is 2.58. The predicted octanol–water partition coefficient (Wildman–Crippen LogP) is -0.0233. The fourth-order valence-corrected chi connectivity index (χ4v) is 3.71. The van der Waals surface area contributed by atoms with Crippen LogP contribution in [-0.4, -0.2) is 63.0 Å². The van der Waals surface area contributed by atoms with Crippen molar-refractivity contribution in [2.75, 3.05) is 25.1 Å². The Morgan fingerprint density at radius 2 is 2.11 bits per heavy atom. The lowest BCUT2D eigenvalue weighted by Crippen LogP contribution is -2.48. The van der Waals surface area contributed by atoms with Crippen LogP contribution in [0.5, 0.6) is 0 Å². The Bertz CT molecular complexity index is 386. The molecule has 3 unspecified atom stereocenters. The molecule has 2 amide bonds. The largest absolute Gasteiger partial charge is 0.337 e. The van der Waals surface area contributed by atoms with E-state index < -0.39 is 10.8 Å². The average molecular weight is 272 g/mol. The van der Waals surface area contributed by atoms with Crippen LogP contribution >= 0.6 is 0 Å². The summed E-state index contributed by atoms with van der Waals surface area (Å²) in [6, 6.07) is -0.329. The number of fused-ring (bicyclic) bond motifs is 1. The van der Waals surface area contributed by atoms with Gasteiger partial charge in [-0.2, -0.15) is 0 Å². The molecule has 0 aromatic carbocycles. The number of rotatable bonds is 3. The molecule has 0 aromatic heterocycles. The summed E-state index contributed by atoms with van der Waals surface area (Å²) in [6.45, 7) is 3.08. The van der Waals surface area contributed by atoms with Gasteiger partial charge in [-0.1, -0.05) is 0 Å². The first-order valence-corrected chi connectivity index (χ1v) is 8.13. The van der Waals surface area contributed by atoms with E-state index in [0.29, 0.717) is 25.3 Å². The van der Waals surface area contributed by atoms with Gasteiger partial charge in [-0.25, -0.2) is 0 Å². The van der Waals surface area contributed by atoms with Gasteiger partial charge in [0.25, 0.3) is 0 Å². The van der Waals surface area contributed by atoms with Crippen molar-refractivity contribution in [3.63, 3.8) is 0 Å². The van der Waals surface area contributed by atoms with Crippen LogP contribution in [0.2, 0.25) is 0 Å². The van der Waals surface area contributed by atoms with E-state index in [4.69, 9.17) is 0 Å². The van der Waals surface area contributed by atoms with Crippen molar-refractivity contribution in [2.45, 2.75) is 38.3 Å². The molecule has 0 saturated carbocycles. The number of hydrogen-bond acceptors (Lipinski definition) is 3. The zero-order valence-corrected chi connectivity index (χ0v) is 11.7. The van der Waals surface area contributed by atoms with E-state index >= 15 is 0 Å². The second-order valence-electron chi connectivity index (χ2n) is 5.12. The van der Waals surface area contributed by atoms with Crippen molar-refractivity contribution in [1.82, 2.24) is 9.80 Å². The third-order valence-corrected chi connectivity index (χ3v) is 4.67. The first-order valence-electron chi connectivity index (χ1n) is 6.40. The number of nitrogens with zero attached hydrogens (tertiary/aromatic N) is 2. The maximum absolute atomic E-state index is 12.4. The van der Waals surface area contributed by atoms with Gasteiger partial charge in [0.1, 0.15) is 6.04 Å². The van der Waals surface area contributed by atoms with E-state index in [-0.39, 0.29) is 23.9 Å². The van der Waals surface area contributed by atoms with Crippen LogP contribution in [0.25, 0.3) is 0 Å². The average Bonchev–Trinajstić information content (AvgIpc) is 2.72. The summed E-state index contributed by atoms with van der Waals surface area (Å²) in [6.07, 6.45) is 3.71. The second-order valence-corrected chi connectivity index (χ2v) is 6.60. The van der Waals surface area contributed by atoms with E-state index in [1.807, 2.05) is 6.92 Å². The molecule has 3 atom stereocenters. The van der Waals surface area contributed by atoms with Gasteiger partial charge in [0, 0.05) is 48.4 Å². The van der Waals surface area contributed by atoms with Crippen molar-refractivity contribution < 1.29 is 13.8 Å². The zero-order chi connectivity index (χ0) is 13.3. The summed E-state index contributed by atoms with van der Waals surface area (Å²) in [5.74, 6) is 0.599. The van der Waals surface area contributed by atoms with Gasteiger partial charge in [0.15, 0.2) is 0 Å². The molecular formula is C12H20N2O3S. The Morgan fingerprint density at radius 1 is 1.39 bits per heavy atom. The standard InChI is InChI=1S/C12H20N2O3S/c1-9(8-18(2)17)13-7-5-11(15)14-6-3-4-10(14)12(13)16/h9-10H,3-8H2,1-2H3. The molecule has 5 nitrogen and oxygen atoms in total. The van der Waals surface area contributed by atoms with Gasteiger partial charge in [-0.3, -0.25) is 13.8 Å². The molecule has 0 N–H and O–H groups in total. The molecule has 102 valence electrons. The lowest BCUT2D eigenvalue weighted by Gasteiger charge is -2.29. The second kappa shape index (κ2) is 5.38. The van der Waals surface area contributed by atoms with E-state index in [1.54, 1.807) is 16.1 Å². The lowest BCUT2D eigenvalue weighted by atomic mass is 10.2. The number of amides is 2. The summed E-state index contributed by atoms with van der Waals surface area (Å²) in [4.78, 5) is 27.8. The van der Waals surface area contributed by atoms with E-state index in [0.717, 1.165) is 12.8 Å². The Labute approximate surface area is 110 Å². The molecule has 6 heteroatoms. The fourth-order valence-electron chi connectivity index (χ4n) is 2.85. The van der Waals surface area contributed by atoms with E-state index in [2.05, 4.69) is 0 Å². The quantitative estimate of drug-likeness (QED) is 0.725. The fraction of sp³-hybridized carbons (Fsp3) is 0.833. The van der Waals surface area contributed by atoms with Crippen LogP contribution in [0.3, 0.4) is 0 Å². The van der Waals surface area contributed by atoms with Gasteiger partial charge in [0.05, 0.1) is 0 Å². The molecule has 0 aromatic rings. The van der Waals surface area contributed by atoms with Gasteiger partial charge in [0.2, 0.25) is 11.8 Å². The van der Waals surface area contributed by atoms with Gasteiger partial charge in [-0.15, -0.1) is 0 Å². The topological polar surface area (TPSA) is 57.7 Å². The van der Waals surface area contributed by atoms with Crippen molar-refractivity contribution in [3.05, 3.63) is 0 Å². The summed E-state index contributed by atoms with van der Waals surface area (Å²) in [5, 5.41) is 0. The van der Waals surface area contributed by atoms with Crippen LogP contribution in [-0.2, 0) is 20.4 Å². The Kier molecular flexibility index (Phi) is 4.04. The normalized spacial score (nSPS) is 28.0. The number of carbonyl (C=O) groups is 2. The van der Waals surface area contributed by atoms with Crippen LogP contribution in [0.4, 0.5) is 0 Å². The molecule has 2 aliphatic heterocycles.